The lowest BCUT2D eigenvalue weighted by atomic mass is 9.68. The highest BCUT2D eigenvalue weighted by Gasteiger charge is 2.42. The number of nitrogens with zero attached hydrogens (tertiary/aromatic N) is 1. The number of ketones is 1. The lowest BCUT2D eigenvalue weighted by Crippen LogP contribution is -2.49. The van der Waals surface area contributed by atoms with Gasteiger partial charge in [-0.2, -0.15) is 0 Å². The fourth-order valence-electron chi connectivity index (χ4n) is 6.37. The summed E-state index contributed by atoms with van der Waals surface area (Å²) in [6.07, 6.45) is 7.74. The molecular weight excluding hydrogens is 442 g/mol. The molecule has 0 saturated carbocycles. The minimum Gasteiger partial charge on any atom is -0.343 e. The van der Waals surface area contributed by atoms with E-state index in [1.165, 1.54) is 23.1 Å². The van der Waals surface area contributed by atoms with Crippen molar-refractivity contribution < 1.29 is 9.59 Å². The largest absolute Gasteiger partial charge is 0.343 e. The summed E-state index contributed by atoms with van der Waals surface area (Å²) in [6.45, 7) is 1.31. The van der Waals surface area contributed by atoms with E-state index in [1.54, 1.807) is 0 Å². The van der Waals surface area contributed by atoms with Crippen molar-refractivity contribution in [2.24, 2.45) is 0 Å². The van der Waals surface area contributed by atoms with E-state index in [9.17, 15) is 9.59 Å². The summed E-state index contributed by atoms with van der Waals surface area (Å²) in [5.74, 6) is 1.15. The number of rotatable bonds is 9. The zero-order valence-corrected chi connectivity index (χ0v) is 21.2. The third kappa shape index (κ3) is 5.31. The molecule has 0 spiro atoms. The molecule has 1 atom stereocenters. The summed E-state index contributed by atoms with van der Waals surface area (Å²) in [5.41, 5.74) is 4.83. The lowest BCUT2D eigenvalue weighted by molar-refractivity contribution is -0.136. The van der Waals surface area contributed by atoms with Gasteiger partial charge in [0.1, 0.15) is 5.78 Å². The first-order valence-corrected chi connectivity index (χ1v) is 13.6. The molecular formula is C33H37NO2. The molecule has 1 amide bonds. The summed E-state index contributed by atoms with van der Waals surface area (Å²) in [7, 11) is 0. The maximum atomic E-state index is 13.8. The Morgan fingerprint density at radius 2 is 1.47 bits per heavy atom. The Bertz CT molecular complexity index is 1160. The number of benzene rings is 3. The molecule has 5 rings (SSSR count). The van der Waals surface area contributed by atoms with Crippen molar-refractivity contribution in [3.63, 3.8) is 0 Å². The van der Waals surface area contributed by atoms with Gasteiger partial charge >= 0.3 is 0 Å². The predicted molar refractivity (Wildman–Crippen MR) is 145 cm³/mol. The van der Waals surface area contributed by atoms with Gasteiger partial charge in [0, 0.05) is 25.9 Å². The second-order valence-corrected chi connectivity index (χ2v) is 10.6. The molecule has 3 nitrogen and oxygen atoms in total. The molecule has 1 heterocycles. The van der Waals surface area contributed by atoms with Crippen LogP contribution in [0.2, 0.25) is 0 Å². The van der Waals surface area contributed by atoms with Crippen LogP contribution in [0, 0.1) is 0 Å². The van der Waals surface area contributed by atoms with E-state index in [4.69, 9.17) is 0 Å². The number of amides is 1. The molecule has 3 aromatic carbocycles. The van der Waals surface area contributed by atoms with Crippen molar-refractivity contribution >= 4 is 11.7 Å². The number of aryl methyl sites for hydroxylation is 2. The summed E-state index contributed by atoms with van der Waals surface area (Å²) in [5, 5.41) is 0. The summed E-state index contributed by atoms with van der Waals surface area (Å²) >= 11 is 0. The molecule has 1 unspecified atom stereocenters. The zero-order chi connectivity index (χ0) is 24.8. The van der Waals surface area contributed by atoms with Gasteiger partial charge in [0.25, 0.3) is 0 Å². The molecule has 1 fully saturated rings. The first-order valence-electron chi connectivity index (χ1n) is 13.6. The zero-order valence-electron chi connectivity index (χ0n) is 21.2. The Hall–Kier alpha value is -3.20. The lowest BCUT2D eigenvalue weighted by Gasteiger charge is -2.41. The van der Waals surface area contributed by atoms with Gasteiger partial charge in [-0.25, -0.2) is 0 Å². The highest BCUT2D eigenvalue weighted by Crippen LogP contribution is 2.40. The molecule has 0 aromatic heterocycles. The number of carbonyl (C=O) groups is 2. The molecule has 2 aliphatic rings. The van der Waals surface area contributed by atoms with E-state index >= 15 is 0 Å². The van der Waals surface area contributed by atoms with Crippen molar-refractivity contribution in [1.82, 2.24) is 4.90 Å². The Labute approximate surface area is 215 Å². The van der Waals surface area contributed by atoms with Crippen LogP contribution in [-0.2, 0) is 27.8 Å². The maximum absolute atomic E-state index is 13.8. The van der Waals surface area contributed by atoms with Gasteiger partial charge in [-0.05, 0) is 73.1 Å². The maximum Gasteiger partial charge on any atom is 0.222 e. The van der Waals surface area contributed by atoms with E-state index in [1.807, 2.05) is 41.3 Å². The van der Waals surface area contributed by atoms with Crippen LogP contribution >= 0.6 is 0 Å². The summed E-state index contributed by atoms with van der Waals surface area (Å²) in [6, 6.07) is 29.3. The number of fused-ring (bicyclic) bond motifs is 1. The number of hydrogen-bond donors (Lipinski definition) is 0. The molecule has 1 aliphatic carbocycles. The molecule has 0 radical (unpaired) electrons. The van der Waals surface area contributed by atoms with Gasteiger partial charge in [-0.3, -0.25) is 9.59 Å². The van der Waals surface area contributed by atoms with Crippen LogP contribution in [0.5, 0.6) is 0 Å². The quantitative estimate of drug-likeness (QED) is 0.345. The second-order valence-electron chi connectivity index (χ2n) is 10.6. The van der Waals surface area contributed by atoms with Crippen LogP contribution in [0.4, 0.5) is 0 Å². The van der Waals surface area contributed by atoms with Crippen LogP contribution in [-0.4, -0.2) is 29.7 Å². The minimum absolute atomic E-state index is 0.202. The predicted octanol–water partition coefficient (Wildman–Crippen LogP) is 6.65. The topological polar surface area (TPSA) is 37.4 Å². The van der Waals surface area contributed by atoms with Crippen molar-refractivity contribution in [2.45, 2.75) is 69.1 Å². The fourth-order valence-corrected chi connectivity index (χ4v) is 6.37. The Balaban J connectivity index is 1.20. The SMILES string of the molecule is O=C(CCc1ccccc1)N1CCC(C(=O)CCCC2CCc3ccccc32)(c2ccccc2)CC1. The highest BCUT2D eigenvalue weighted by atomic mass is 16.2. The number of Topliss-reactive ketones (excluding diaryl/α,β-unsaturated/α-hetero) is 1. The average Bonchev–Trinajstić information content (AvgIpc) is 3.36. The third-order valence-corrected chi connectivity index (χ3v) is 8.51. The van der Waals surface area contributed by atoms with Gasteiger partial charge in [-0.1, -0.05) is 84.9 Å². The first-order chi connectivity index (χ1) is 17.7. The van der Waals surface area contributed by atoms with E-state index in [2.05, 4.69) is 48.5 Å². The normalized spacial score (nSPS) is 18.6. The van der Waals surface area contributed by atoms with Gasteiger partial charge in [-0.15, -0.1) is 0 Å². The van der Waals surface area contributed by atoms with Crippen molar-refractivity contribution in [2.75, 3.05) is 13.1 Å². The van der Waals surface area contributed by atoms with E-state index in [0.717, 1.165) is 44.1 Å². The molecule has 3 heteroatoms. The van der Waals surface area contributed by atoms with Crippen molar-refractivity contribution in [1.29, 1.82) is 0 Å². The number of carbonyl (C=O) groups excluding carboxylic acids is 2. The Kier molecular flexibility index (Phi) is 7.65. The Morgan fingerprint density at radius 1 is 0.806 bits per heavy atom. The standard InChI is InChI=1S/C33H37NO2/c35-31(17-9-13-28-20-19-27-12-7-8-16-30(27)28)33(29-14-5-2-6-15-29)22-24-34(25-23-33)32(36)21-18-26-10-3-1-4-11-26/h1-8,10-12,14-16,28H,9,13,17-25H2. The molecule has 1 saturated heterocycles. The van der Waals surface area contributed by atoms with Crippen LogP contribution < -0.4 is 0 Å². The van der Waals surface area contributed by atoms with Crippen molar-refractivity contribution in [3.05, 3.63) is 107 Å². The molecule has 1 aliphatic heterocycles. The van der Waals surface area contributed by atoms with E-state index in [-0.39, 0.29) is 5.91 Å². The third-order valence-electron chi connectivity index (χ3n) is 8.51. The highest BCUT2D eigenvalue weighted by molar-refractivity contribution is 5.90. The summed E-state index contributed by atoms with van der Waals surface area (Å²) in [4.78, 5) is 28.8. The monoisotopic (exact) mass is 479 g/mol. The molecule has 0 bridgehead atoms. The number of hydrogen-bond acceptors (Lipinski definition) is 2. The van der Waals surface area contributed by atoms with Gasteiger partial charge in [0.05, 0.1) is 5.41 Å². The first kappa shape index (κ1) is 24.5. The molecule has 36 heavy (non-hydrogen) atoms. The average molecular weight is 480 g/mol. The van der Waals surface area contributed by atoms with Crippen LogP contribution in [0.3, 0.4) is 0 Å². The van der Waals surface area contributed by atoms with Crippen LogP contribution in [0.25, 0.3) is 0 Å². The van der Waals surface area contributed by atoms with Crippen LogP contribution in [0.1, 0.15) is 73.1 Å². The fraction of sp³-hybridized carbons (Fsp3) is 0.394. The molecule has 0 N–H and O–H groups in total. The van der Waals surface area contributed by atoms with Gasteiger partial charge in [0.2, 0.25) is 5.91 Å². The Morgan fingerprint density at radius 3 is 2.22 bits per heavy atom. The van der Waals surface area contributed by atoms with Crippen molar-refractivity contribution in [3.8, 4) is 0 Å². The van der Waals surface area contributed by atoms with Gasteiger partial charge in [0.15, 0.2) is 0 Å². The number of piperidine rings is 1. The smallest absolute Gasteiger partial charge is 0.222 e. The minimum atomic E-state index is -0.467. The summed E-state index contributed by atoms with van der Waals surface area (Å²) < 4.78 is 0. The molecule has 3 aromatic rings. The molecule has 186 valence electrons. The number of likely N-dealkylation sites (tertiary alicyclic amines) is 1. The van der Waals surface area contributed by atoms with Gasteiger partial charge < -0.3 is 4.90 Å². The van der Waals surface area contributed by atoms with E-state index in [0.29, 0.717) is 37.6 Å². The van der Waals surface area contributed by atoms with Crippen LogP contribution in [0.15, 0.2) is 84.9 Å². The second kappa shape index (κ2) is 11.2. The van der Waals surface area contributed by atoms with E-state index < -0.39 is 5.41 Å².